The number of anilines is 1. The average molecular weight is 221 g/mol. The molecule has 0 aliphatic carbocycles. The second-order valence-corrected chi connectivity index (χ2v) is 4.47. The van der Waals surface area contributed by atoms with Crippen LogP contribution in [0.3, 0.4) is 0 Å². The third-order valence-electron chi connectivity index (χ3n) is 2.71. The summed E-state index contributed by atoms with van der Waals surface area (Å²) in [5.41, 5.74) is 3.09. The first kappa shape index (κ1) is 12.6. The van der Waals surface area contributed by atoms with Crippen LogP contribution in [0, 0.1) is 19.8 Å². The molecular weight excluding hydrogens is 202 g/mol. The van der Waals surface area contributed by atoms with Crippen LogP contribution in [0.5, 0.6) is 0 Å². The lowest BCUT2D eigenvalue weighted by Crippen LogP contribution is -2.34. The van der Waals surface area contributed by atoms with Gasteiger partial charge in [-0.15, -0.1) is 0 Å². The molecule has 0 heterocycles. The van der Waals surface area contributed by atoms with Crippen LogP contribution in [-0.2, 0) is 4.79 Å². The number of aryl methyl sites for hydroxylation is 2. The maximum absolute atomic E-state index is 11.1. The first-order chi connectivity index (χ1) is 7.43. The lowest BCUT2D eigenvalue weighted by atomic mass is 10.0. The van der Waals surface area contributed by atoms with E-state index in [1.807, 2.05) is 45.9 Å². The molecule has 2 N–H and O–H groups in total. The van der Waals surface area contributed by atoms with E-state index in [-0.39, 0.29) is 5.92 Å². The van der Waals surface area contributed by atoms with E-state index in [1.165, 1.54) is 0 Å². The molecule has 0 unspecified atom stereocenters. The minimum Gasteiger partial charge on any atom is -0.480 e. The van der Waals surface area contributed by atoms with E-state index in [4.69, 9.17) is 5.11 Å². The predicted molar refractivity (Wildman–Crippen MR) is 65.8 cm³/mol. The molecule has 16 heavy (non-hydrogen) atoms. The van der Waals surface area contributed by atoms with E-state index in [9.17, 15) is 4.79 Å². The van der Waals surface area contributed by atoms with Crippen LogP contribution in [0.15, 0.2) is 18.2 Å². The SMILES string of the molecule is Cc1cccc(C)c1N[C@H](C(=O)O)C(C)C. The quantitative estimate of drug-likeness (QED) is 0.822. The molecule has 0 fully saturated rings. The molecule has 0 aliphatic heterocycles. The van der Waals surface area contributed by atoms with E-state index in [2.05, 4.69) is 5.32 Å². The Balaban J connectivity index is 2.98. The number of hydrogen-bond donors (Lipinski definition) is 2. The van der Waals surface area contributed by atoms with E-state index >= 15 is 0 Å². The number of nitrogens with one attached hydrogen (secondary N) is 1. The molecule has 1 aromatic rings. The lowest BCUT2D eigenvalue weighted by Gasteiger charge is -2.21. The number of carbonyl (C=O) groups is 1. The normalized spacial score (nSPS) is 12.6. The highest BCUT2D eigenvalue weighted by Crippen LogP contribution is 2.22. The monoisotopic (exact) mass is 221 g/mol. The summed E-state index contributed by atoms with van der Waals surface area (Å²) in [5.74, 6) is -0.755. The minimum absolute atomic E-state index is 0.0523. The molecule has 3 nitrogen and oxygen atoms in total. The number of hydrogen-bond acceptors (Lipinski definition) is 2. The number of para-hydroxylation sites is 1. The number of carboxylic acid groups (broad SMARTS) is 1. The van der Waals surface area contributed by atoms with Gasteiger partial charge in [0.1, 0.15) is 6.04 Å². The molecule has 0 spiro atoms. The topological polar surface area (TPSA) is 49.3 Å². The summed E-state index contributed by atoms with van der Waals surface area (Å²) in [6, 6.07) is 5.39. The van der Waals surface area contributed by atoms with E-state index in [0.29, 0.717) is 0 Å². The summed E-state index contributed by atoms with van der Waals surface area (Å²) in [4.78, 5) is 11.1. The van der Waals surface area contributed by atoms with Crippen LogP contribution in [0.25, 0.3) is 0 Å². The Hall–Kier alpha value is -1.51. The first-order valence-electron chi connectivity index (χ1n) is 5.49. The second kappa shape index (κ2) is 5.01. The van der Waals surface area contributed by atoms with Gasteiger partial charge < -0.3 is 10.4 Å². The van der Waals surface area contributed by atoms with E-state index < -0.39 is 12.0 Å². The van der Waals surface area contributed by atoms with Gasteiger partial charge in [-0.25, -0.2) is 4.79 Å². The zero-order chi connectivity index (χ0) is 12.3. The molecule has 1 atom stereocenters. The van der Waals surface area contributed by atoms with Crippen molar-refractivity contribution in [1.29, 1.82) is 0 Å². The number of aliphatic carboxylic acids is 1. The van der Waals surface area contributed by atoms with Crippen molar-refractivity contribution in [2.45, 2.75) is 33.7 Å². The average Bonchev–Trinajstić information content (AvgIpc) is 2.15. The molecule has 3 heteroatoms. The van der Waals surface area contributed by atoms with Crippen LogP contribution in [0.2, 0.25) is 0 Å². The summed E-state index contributed by atoms with van der Waals surface area (Å²) in [6.07, 6.45) is 0. The highest BCUT2D eigenvalue weighted by molar-refractivity contribution is 5.78. The molecule has 0 saturated heterocycles. The van der Waals surface area contributed by atoms with Gasteiger partial charge in [-0.1, -0.05) is 32.0 Å². The Labute approximate surface area is 96.5 Å². The Morgan fingerprint density at radius 2 is 1.75 bits per heavy atom. The van der Waals surface area contributed by atoms with Gasteiger partial charge >= 0.3 is 5.97 Å². The third kappa shape index (κ3) is 2.75. The molecule has 0 aliphatic rings. The standard InChI is InChI=1S/C13H19NO2/c1-8(2)11(13(15)16)14-12-9(3)6-5-7-10(12)4/h5-8,11,14H,1-4H3,(H,15,16)/t11-/m0/s1. The van der Waals surface area contributed by atoms with E-state index in [0.717, 1.165) is 16.8 Å². The largest absolute Gasteiger partial charge is 0.480 e. The van der Waals surface area contributed by atoms with Gasteiger partial charge in [-0.05, 0) is 30.9 Å². The number of benzene rings is 1. The van der Waals surface area contributed by atoms with Crippen molar-refractivity contribution < 1.29 is 9.90 Å². The summed E-state index contributed by atoms with van der Waals surface area (Å²) in [6.45, 7) is 7.77. The fraction of sp³-hybridized carbons (Fsp3) is 0.462. The Kier molecular flexibility index (Phi) is 3.93. The van der Waals surface area contributed by atoms with Gasteiger partial charge in [-0.3, -0.25) is 0 Å². The van der Waals surface area contributed by atoms with Crippen molar-refractivity contribution in [3.63, 3.8) is 0 Å². The summed E-state index contributed by atoms with van der Waals surface area (Å²) >= 11 is 0. The van der Waals surface area contributed by atoms with Crippen LogP contribution in [0.1, 0.15) is 25.0 Å². The molecule has 0 aromatic heterocycles. The highest BCUT2D eigenvalue weighted by Gasteiger charge is 2.22. The zero-order valence-electron chi connectivity index (χ0n) is 10.2. The Bertz CT molecular complexity index is 365. The van der Waals surface area contributed by atoms with Crippen molar-refractivity contribution in [1.82, 2.24) is 0 Å². The molecule has 1 aromatic carbocycles. The van der Waals surface area contributed by atoms with Crippen LogP contribution in [0.4, 0.5) is 5.69 Å². The molecule has 0 bridgehead atoms. The smallest absolute Gasteiger partial charge is 0.326 e. The van der Waals surface area contributed by atoms with Gasteiger partial charge in [0.2, 0.25) is 0 Å². The molecule has 88 valence electrons. The van der Waals surface area contributed by atoms with E-state index in [1.54, 1.807) is 0 Å². The number of carboxylic acids is 1. The predicted octanol–water partition coefficient (Wildman–Crippen LogP) is 2.82. The van der Waals surface area contributed by atoms with Crippen LogP contribution >= 0.6 is 0 Å². The van der Waals surface area contributed by atoms with Gasteiger partial charge in [0.05, 0.1) is 0 Å². The molecule has 0 saturated carbocycles. The number of rotatable bonds is 4. The second-order valence-electron chi connectivity index (χ2n) is 4.47. The van der Waals surface area contributed by atoms with Crippen molar-refractivity contribution in [3.8, 4) is 0 Å². The lowest BCUT2D eigenvalue weighted by molar-refractivity contribution is -0.138. The summed E-state index contributed by atoms with van der Waals surface area (Å²) in [5, 5.41) is 12.2. The van der Waals surface area contributed by atoms with Crippen molar-refractivity contribution in [3.05, 3.63) is 29.3 Å². The van der Waals surface area contributed by atoms with Crippen molar-refractivity contribution in [2.24, 2.45) is 5.92 Å². The van der Waals surface area contributed by atoms with Crippen molar-refractivity contribution >= 4 is 11.7 Å². The highest BCUT2D eigenvalue weighted by atomic mass is 16.4. The van der Waals surface area contributed by atoms with Gasteiger partial charge in [-0.2, -0.15) is 0 Å². The summed E-state index contributed by atoms with van der Waals surface area (Å²) in [7, 11) is 0. The maximum Gasteiger partial charge on any atom is 0.326 e. The molecule has 1 rings (SSSR count). The van der Waals surface area contributed by atoms with Gasteiger partial charge in [0, 0.05) is 5.69 Å². The molecular formula is C13H19NO2. The Morgan fingerprint density at radius 1 is 1.25 bits per heavy atom. The van der Waals surface area contributed by atoms with Crippen molar-refractivity contribution in [2.75, 3.05) is 5.32 Å². The fourth-order valence-electron chi connectivity index (χ4n) is 1.71. The molecule has 0 amide bonds. The summed E-state index contributed by atoms with van der Waals surface area (Å²) < 4.78 is 0. The molecule has 0 radical (unpaired) electrons. The maximum atomic E-state index is 11.1. The zero-order valence-corrected chi connectivity index (χ0v) is 10.2. The van der Waals surface area contributed by atoms with Gasteiger partial charge in [0.25, 0.3) is 0 Å². The Morgan fingerprint density at radius 3 is 2.12 bits per heavy atom. The van der Waals surface area contributed by atoms with Gasteiger partial charge in [0.15, 0.2) is 0 Å². The first-order valence-corrected chi connectivity index (χ1v) is 5.49. The third-order valence-corrected chi connectivity index (χ3v) is 2.71. The van der Waals surface area contributed by atoms with Crippen LogP contribution < -0.4 is 5.32 Å². The minimum atomic E-state index is -0.808. The van der Waals surface area contributed by atoms with Crippen LogP contribution in [-0.4, -0.2) is 17.1 Å². The fourth-order valence-corrected chi connectivity index (χ4v) is 1.71.